The van der Waals surface area contributed by atoms with Gasteiger partial charge in [-0.15, -0.1) is 0 Å². The SMILES string of the molecule is CCCN(C(=O)C(NC(=O)OC(C)(C)C)C(C)CC)C(C(=O)NCC(=O)OC)c1ccccc1. The molecule has 1 aromatic rings. The van der Waals surface area contributed by atoms with Crippen LogP contribution < -0.4 is 10.6 Å². The molecule has 0 saturated carbocycles. The van der Waals surface area contributed by atoms with Crippen LogP contribution in [0.3, 0.4) is 0 Å². The average Bonchev–Trinajstić information content (AvgIpc) is 2.79. The standard InChI is InChI=1S/C25H39N3O6/c1-8-15-28(23(31)20(17(3)9-2)27-24(32)34-25(4,5)6)21(18-13-11-10-12-14-18)22(30)26-16-19(29)33-7/h10-14,17,20-21H,8-9,15-16H2,1-7H3,(H,26,30)(H,27,32). The fraction of sp³-hybridized carbons (Fsp3) is 0.600. The summed E-state index contributed by atoms with van der Waals surface area (Å²) in [5, 5.41) is 5.27. The van der Waals surface area contributed by atoms with Gasteiger partial charge in [0.05, 0.1) is 7.11 Å². The molecular weight excluding hydrogens is 438 g/mol. The number of hydrogen-bond acceptors (Lipinski definition) is 6. The Hall–Kier alpha value is -3.10. The van der Waals surface area contributed by atoms with E-state index in [0.717, 1.165) is 0 Å². The minimum absolute atomic E-state index is 0.214. The second kappa shape index (κ2) is 13.6. The summed E-state index contributed by atoms with van der Waals surface area (Å²) in [6, 6.07) is 6.96. The van der Waals surface area contributed by atoms with Gasteiger partial charge in [-0.25, -0.2) is 4.79 Å². The van der Waals surface area contributed by atoms with Gasteiger partial charge in [0.15, 0.2) is 0 Å². The number of alkyl carbamates (subject to hydrolysis) is 1. The molecule has 0 aliphatic heterocycles. The first kappa shape index (κ1) is 28.9. The van der Waals surface area contributed by atoms with Crippen LogP contribution in [0.25, 0.3) is 0 Å². The Bertz CT molecular complexity index is 822. The zero-order chi connectivity index (χ0) is 25.9. The predicted octanol–water partition coefficient (Wildman–Crippen LogP) is 3.19. The Morgan fingerprint density at radius 2 is 1.68 bits per heavy atom. The Morgan fingerprint density at radius 1 is 1.06 bits per heavy atom. The van der Waals surface area contributed by atoms with Crippen molar-refractivity contribution >= 4 is 23.9 Å². The third-order valence-electron chi connectivity index (χ3n) is 5.21. The first-order chi connectivity index (χ1) is 15.9. The smallest absolute Gasteiger partial charge is 0.408 e. The molecule has 0 fully saturated rings. The van der Waals surface area contributed by atoms with Crippen molar-refractivity contribution in [2.75, 3.05) is 20.2 Å². The highest BCUT2D eigenvalue weighted by Crippen LogP contribution is 2.25. The van der Waals surface area contributed by atoms with Crippen molar-refractivity contribution in [3.8, 4) is 0 Å². The molecule has 1 rings (SSSR count). The van der Waals surface area contributed by atoms with E-state index in [1.165, 1.54) is 12.0 Å². The van der Waals surface area contributed by atoms with Gasteiger partial charge in [-0.05, 0) is 38.7 Å². The summed E-state index contributed by atoms with van der Waals surface area (Å²) in [6.45, 7) is 10.9. The number of methoxy groups -OCH3 is 1. The van der Waals surface area contributed by atoms with Gasteiger partial charge in [-0.2, -0.15) is 0 Å². The molecule has 190 valence electrons. The predicted molar refractivity (Wildman–Crippen MR) is 129 cm³/mol. The van der Waals surface area contributed by atoms with E-state index in [0.29, 0.717) is 18.4 Å². The van der Waals surface area contributed by atoms with Gasteiger partial charge in [-0.3, -0.25) is 14.4 Å². The van der Waals surface area contributed by atoms with Gasteiger partial charge >= 0.3 is 12.1 Å². The largest absolute Gasteiger partial charge is 0.468 e. The first-order valence-corrected chi connectivity index (χ1v) is 11.6. The molecule has 34 heavy (non-hydrogen) atoms. The van der Waals surface area contributed by atoms with E-state index in [9.17, 15) is 19.2 Å². The summed E-state index contributed by atoms with van der Waals surface area (Å²) in [4.78, 5) is 52.6. The van der Waals surface area contributed by atoms with Gasteiger partial charge in [0.25, 0.3) is 0 Å². The zero-order valence-corrected chi connectivity index (χ0v) is 21.3. The number of rotatable bonds is 11. The van der Waals surface area contributed by atoms with Gasteiger partial charge in [-0.1, -0.05) is 57.5 Å². The maximum atomic E-state index is 13.8. The maximum Gasteiger partial charge on any atom is 0.408 e. The van der Waals surface area contributed by atoms with E-state index in [4.69, 9.17) is 4.74 Å². The monoisotopic (exact) mass is 477 g/mol. The lowest BCUT2D eigenvalue weighted by atomic mass is 9.95. The molecule has 0 spiro atoms. The van der Waals surface area contributed by atoms with Crippen LogP contribution in [0, 0.1) is 5.92 Å². The number of benzene rings is 1. The Kier molecular flexibility index (Phi) is 11.5. The fourth-order valence-electron chi connectivity index (χ4n) is 3.34. The van der Waals surface area contributed by atoms with Crippen molar-refractivity contribution < 1.29 is 28.7 Å². The summed E-state index contributed by atoms with van der Waals surface area (Å²) in [6.07, 6.45) is 0.504. The minimum atomic E-state index is -0.995. The number of ether oxygens (including phenoxy) is 2. The van der Waals surface area contributed by atoms with Crippen molar-refractivity contribution in [2.45, 2.75) is 72.1 Å². The maximum absolute atomic E-state index is 13.8. The molecule has 0 aromatic heterocycles. The molecule has 2 N–H and O–H groups in total. The number of carbonyl (C=O) groups is 4. The summed E-state index contributed by atoms with van der Waals surface area (Å²) in [5.74, 6) is -1.73. The van der Waals surface area contributed by atoms with Crippen LogP contribution in [0.1, 0.15) is 66.0 Å². The summed E-state index contributed by atoms with van der Waals surface area (Å²) in [7, 11) is 1.23. The third-order valence-corrected chi connectivity index (χ3v) is 5.21. The lowest BCUT2D eigenvalue weighted by molar-refractivity contribution is -0.145. The summed E-state index contributed by atoms with van der Waals surface area (Å²) < 4.78 is 9.98. The Balaban J connectivity index is 3.36. The topological polar surface area (TPSA) is 114 Å². The molecular formula is C25H39N3O6. The van der Waals surface area contributed by atoms with E-state index in [2.05, 4.69) is 15.4 Å². The van der Waals surface area contributed by atoms with Crippen molar-refractivity contribution in [3.63, 3.8) is 0 Å². The second-order valence-electron chi connectivity index (χ2n) is 9.15. The molecule has 3 amide bonds. The number of amides is 3. The van der Waals surface area contributed by atoms with Crippen LogP contribution in [-0.4, -0.2) is 60.6 Å². The molecule has 1 aromatic carbocycles. The van der Waals surface area contributed by atoms with Crippen LogP contribution in [0.5, 0.6) is 0 Å². The van der Waals surface area contributed by atoms with Gasteiger partial charge < -0.3 is 25.0 Å². The summed E-state index contributed by atoms with van der Waals surface area (Å²) in [5.41, 5.74) is -0.136. The quantitative estimate of drug-likeness (QED) is 0.473. The van der Waals surface area contributed by atoms with E-state index in [-0.39, 0.29) is 19.0 Å². The van der Waals surface area contributed by atoms with E-state index < -0.39 is 41.6 Å². The lowest BCUT2D eigenvalue weighted by Crippen LogP contribution is -2.55. The van der Waals surface area contributed by atoms with Crippen LogP contribution in [0.15, 0.2) is 30.3 Å². The molecule has 0 aliphatic rings. The zero-order valence-electron chi connectivity index (χ0n) is 21.3. The van der Waals surface area contributed by atoms with Crippen LogP contribution in [-0.2, 0) is 23.9 Å². The molecule has 3 atom stereocenters. The van der Waals surface area contributed by atoms with E-state index in [1.54, 1.807) is 45.0 Å². The number of esters is 1. The van der Waals surface area contributed by atoms with Crippen LogP contribution >= 0.6 is 0 Å². The van der Waals surface area contributed by atoms with Crippen LogP contribution in [0.4, 0.5) is 4.79 Å². The highest BCUT2D eigenvalue weighted by molar-refractivity contribution is 5.93. The second-order valence-corrected chi connectivity index (χ2v) is 9.15. The van der Waals surface area contributed by atoms with Gasteiger partial charge in [0, 0.05) is 6.54 Å². The third kappa shape index (κ3) is 9.03. The van der Waals surface area contributed by atoms with E-state index >= 15 is 0 Å². The van der Waals surface area contributed by atoms with Gasteiger partial charge in [0.1, 0.15) is 24.2 Å². The van der Waals surface area contributed by atoms with Crippen LogP contribution in [0.2, 0.25) is 0 Å². The number of carbonyl (C=O) groups excluding carboxylic acids is 4. The number of nitrogens with one attached hydrogen (secondary N) is 2. The molecule has 0 saturated heterocycles. The minimum Gasteiger partial charge on any atom is -0.468 e. The number of nitrogens with zero attached hydrogens (tertiary/aromatic N) is 1. The molecule has 0 aliphatic carbocycles. The average molecular weight is 478 g/mol. The summed E-state index contributed by atoms with van der Waals surface area (Å²) >= 11 is 0. The number of hydrogen-bond donors (Lipinski definition) is 2. The van der Waals surface area contributed by atoms with Crippen molar-refractivity contribution in [1.82, 2.24) is 15.5 Å². The fourth-order valence-corrected chi connectivity index (χ4v) is 3.34. The van der Waals surface area contributed by atoms with Crippen molar-refractivity contribution in [1.29, 1.82) is 0 Å². The molecule has 0 bridgehead atoms. The molecule has 0 radical (unpaired) electrons. The highest BCUT2D eigenvalue weighted by atomic mass is 16.6. The molecule has 9 nitrogen and oxygen atoms in total. The Morgan fingerprint density at radius 3 is 2.18 bits per heavy atom. The molecule has 9 heteroatoms. The van der Waals surface area contributed by atoms with Gasteiger partial charge in [0.2, 0.25) is 11.8 Å². The van der Waals surface area contributed by atoms with Crippen molar-refractivity contribution in [2.24, 2.45) is 5.92 Å². The lowest BCUT2D eigenvalue weighted by Gasteiger charge is -2.35. The van der Waals surface area contributed by atoms with E-state index in [1.807, 2.05) is 26.8 Å². The molecule has 0 heterocycles. The highest BCUT2D eigenvalue weighted by Gasteiger charge is 2.37. The first-order valence-electron chi connectivity index (χ1n) is 11.6. The van der Waals surface area contributed by atoms with Crippen molar-refractivity contribution in [3.05, 3.63) is 35.9 Å². The normalized spacial score (nSPS) is 13.7. The Labute approximate surface area is 202 Å². The molecule has 3 unspecified atom stereocenters.